The van der Waals surface area contributed by atoms with E-state index in [1.165, 1.54) is 0 Å². The molecule has 4 heteroatoms. The molecule has 0 unspecified atom stereocenters. The molecule has 1 aromatic rings. The predicted octanol–water partition coefficient (Wildman–Crippen LogP) is 1.81. The highest BCUT2D eigenvalue weighted by Crippen LogP contribution is 2.17. The van der Waals surface area contributed by atoms with E-state index in [2.05, 4.69) is 4.98 Å². The zero-order chi connectivity index (χ0) is 11.5. The van der Waals surface area contributed by atoms with Crippen molar-refractivity contribution in [2.75, 3.05) is 0 Å². The lowest BCUT2D eigenvalue weighted by Crippen LogP contribution is -2.33. The summed E-state index contributed by atoms with van der Waals surface area (Å²) in [4.78, 5) is 14.9. The topological polar surface area (TPSA) is 65.2 Å². The van der Waals surface area contributed by atoms with E-state index < -0.39 is 11.7 Å². The number of ether oxygens (including phenoxy) is 1. The summed E-state index contributed by atoms with van der Waals surface area (Å²) < 4.78 is 5.00. The van der Waals surface area contributed by atoms with E-state index >= 15 is 0 Å². The van der Waals surface area contributed by atoms with Gasteiger partial charge < -0.3 is 10.5 Å². The van der Waals surface area contributed by atoms with E-state index in [1.54, 1.807) is 6.20 Å². The lowest BCUT2D eigenvalue weighted by Gasteiger charge is -2.24. The Hall–Kier alpha value is -1.58. The van der Waals surface area contributed by atoms with Gasteiger partial charge in [-0.2, -0.15) is 0 Å². The third kappa shape index (κ3) is 3.58. The first-order valence-electron chi connectivity index (χ1n) is 4.80. The SMILES string of the molecule is Cc1cccnc1CC(C)(C)OC(N)=O. The Morgan fingerprint density at radius 2 is 2.27 bits per heavy atom. The first-order valence-corrected chi connectivity index (χ1v) is 4.80. The fourth-order valence-electron chi connectivity index (χ4n) is 1.42. The molecule has 1 amide bonds. The van der Waals surface area contributed by atoms with Gasteiger partial charge in [-0.3, -0.25) is 4.98 Å². The second kappa shape index (κ2) is 4.29. The average molecular weight is 208 g/mol. The molecule has 1 heterocycles. The molecule has 1 rings (SSSR count). The van der Waals surface area contributed by atoms with Crippen LogP contribution in [0.2, 0.25) is 0 Å². The second-order valence-electron chi connectivity index (χ2n) is 4.12. The third-order valence-corrected chi connectivity index (χ3v) is 2.09. The van der Waals surface area contributed by atoms with Gasteiger partial charge in [-0.05, 0) is 32.4 Å². The van der Waals surface area contributed by atoms with Crippen molar-refractivity contribution in [3.63, 3.8) is 0 Å². The Bertz CT molecular complexity index is 361. The molecule has 0 aliphatic carbocycles. The third-order valence-electron chi connectivity index (χ3n) is 2.09. The maximum atomic E-state index is 10.7. The molecule has 4 nitrogen and oxygen atoms in total. The zero-order valence-electron chi connectivity index (χ0n) is 9.28. The highest BCUT2D eigenvalue weighted by Gasteiger charge is 2.23. The number of rotatable bonds is 3. The molecule has 1 aromatic heterocycles. The van der Waals surface area contributed by atoms with Crippen molar-refractivity contribution >= 4 is 6.09 Å². The molecule has 0 bridgehead atoms. The van der Waals surface area contributed by atoms with E-state index in [9.17, 15) is 4.79 Å². The summed E-state index contributed by atoms with van der Waals surface area (Å²) in [6.45, 7) is 5.60. The zero-order valence-corrected chi connectivity index (χ0v) is 9.28. The van der Waals surface area contributed by atoms with Gasteiger partial charge >= 0.3 is 6.09 Å². The fraction of sp³-hybridized carbons (Fsp3) is 0.455. The minimum absolute atomic E-state index is 0.558. The number of primary amides is 1. The van der Waals surface area contributed by atoms with Crippen molar-refractivity contribution in [3.8, 4) is 0 Å². The van der Waals surface area contributed by atoms with Crippen molar-refractivity contribution in [2.24, 2.45) is 5.73 Å². The van der Waals surface area contributed by atoms with Crippen LogP contribution in [0.25, 0.3) is 0 Å². The largest absolute Gasteiger partial charge is 0.443 e. The number of pyridine rings is 1. The van der Waals surface area contributed by atoms with Gasteiger partial charge in [-0.1, -0.05) is 6.07 Å². The molecule has 0 saturated carbocycles. The summed E-state index contributed by atoms with van der Waals surface area (Å²) in [6.07, 6.45) is 1.53. The van der Waals surface area contributed by atoms with Crippen LogP contribution < -0.4 is 5.73 Å². The van der Waals surface area contributed by atoms with Crippen LogP contribution in [-0.2, 0) is 11.2 Å². The molecule has 0 spiro atoms. The number of nitrogens with two attached hydrogens (primary N) is 1. The summed E-state index contributed by atoms with van der Waals surface area (Å²) in [7, 11) is 0. The standard InChI is InChI=1S/C11H16N2O2/c1-8-5-4-6-13-9(8)7-11(2,3)15-10(12)14/h4-6H,7H2,1-3H3,(H2,12,14). The van der Waals surface area contributed by atoms with Crippen LogP contribution in [-0.4, -0.2) is 16.7 Å². The van der Waals surface area contributed by atoms with Gasteiger partial charge in [-0.25, -0.2) is 4.79 Å². The molecule has 2 N–H and O–H groups in total. The molecular weight excluding hydrogens is 192 g/mol. The molecule has 0 radical (unpaired) electrons. The van der Waals surface area contributed by atoms with Crippen molar-refractivity contribution < 1.29 is 9.53 Å². The number of nitrogens with zero attached hydrogens (tertiary/aromatic N) is 1. The van der Waals surface area contributed by atoms with E-state index in [4.69, 9.17) is 10.5 Å². The molecule has 82 valence electrons. The van der Waals surface area contributed by atoms with Crippen LogP contribution >= 0.6 is 0 Å². The lowest BCUT2D eigenvalue weighted by atomic mass is 9.99. The lowest BCUT2D eigenvalue weighted by molar-refractivity contribution is 0.0452. The fourth-order valence-corrected chi connectivity index (χ4v) is 1.42. The smallest absolute Gasteiger partial charge is 0.405 e. The van der Waals surface area contributed by atoms with Crippen LogP contribution in [0.1, 0.15) is 25.1 Å². The summed E-state index contributed by atoms with van der Waals surface area (Å²) >= 11 is 0. The summed E-state index contributed by atoms with van der Waals surface area (Å²) in [5.74, 6) is 0. The van der Waals surface area contributed by atoms with Crippen LogP contribution in [0, 0.1) is 6.92 Å². The van der Waals surface area contributed by atoms with E-state index in [0.717, 1.165) is 11.3 Å². The summed E-state index contributed by atoms with van der Waals surface area (Å²) in [5, 5.41) is 0. The van der Waals surface area contributed by atoms with Crippen molar-refractivity contribution in [2.45, 2.75) is 32.8 Å². The van der Waals surface area contributed by atoms with Crippen LogP contribution in [0.5, 0.6) is 0 Å². The van der Waals surface area contributed by atoms with E-state index in [-0.39, 0.29) is 0 Å². The Balaban J connectivity index is 2.77. The van der Waals surface area contributed by atoms with Gasteiger partial charge in [0.1, 0.15) is 5.60 Å². The van der Waals surface area contributed by atoms with Gasteiger partial charge in [0.25, 0.3) is 0 Å². The van der Waals surface area contributed by atoms with Crippen LogP contribution in [0.3, 0.4) is 0 Å². The second-order valence-corrected chi connectivity index (χ2v) is 4.12. The average Bonchev–Trinajstić information content (AvgIpc) is 2.06. The van der Waals surface area contributed by atoms with Crippen molar-refractivity contribution in [1.82, 2.24) is 4.98 Å². The van der Waals surface area contributed by atoms with Crippen LogP contribution in [0.15, 0.2) is 18.3 Å². The molecule has 15 heavy (non-hydrogen) atoms. The molecule has 0 saturated heterocycles. The molecular formula is C11H16N2O2. The van der Waals surface area contributed by atoms with Crippen LogP contribution in [0.4, 0.5) is 4.79 Å². The highest BCUT2D eigenvalue weighted by molar-refractivity contribution is 5.65. The normalized spacial score (nSPS) is 11.1. The first-order chi connectivity index (χ1) is 6.91. The van der Waals surface area contributed by atoms with Gasteiger partial charge in [-0.15, -0.1) is 0 Å². The van der Waals surface area contributed by atoms with Gasteiger partial charge in [0.15, 0.2) is 0 Å². The van der Waals surface area contributed by atoms with Crippen molar-refractivity contribution in [1.29, 1.82) is 0 Å². The first kappa shape index (κ1) is 11.5. The molecule has 0 aliphatic rings. The maximum absolute atomic E-state index is 10.7. The quantitative estimate of drug-likeness (QED) is 0.823. The van der Waals surface area contributed by atoms with Crippen molar-refractivity contribution in [3.05, 3.63) is 29.6 Å². The Kier molecular flexibility index (Phi) is 3.29. The number of aromatic nitrogens is 1. The number of carbonyl (C=O) groups is 1. The minimum Gasteiger partial charge on any atom is -0.443 e. The highest BCUT2D eigenvalue weighted by atomic mass is 16.6. The molecule has 0 atom stereocenters. The van der Waals surface area contributed by atoms with Gasteiger partial charge in [0, 0.05) is 18.3 Å². The monoisotopic (exact) mass is 208 g/mol. The number of amides is 1. The number of hydrogen-bond donors (Lipinski definition) is 1. The number of carbonyl (C=O) groups excluding carboxylic acids is 1. The number of aryl methyl sites for hydroxylation is 1. The summed E-state index contributed by atoms with van der Waals surface area (Å²) in [6, 6.07) is 3.85. The minimum atomic E-state index is -0.756. The Morgan fingerprint density at radius 1 is 1.60 bits per heavy atom. The van der Waals surface area contributed by atoms with Gasteiger partial charge in [0.2, 0.25) is 0 Å². The Morgan fingerprint density at radius 3 is 2.80 bits per heavy atom. The maximum Gasteiger partial charge on any atom is 0.405 e. The molecule has 0 fully saturated rings. The Labute approximate surface area is 89.5 Å². The predicted molar refractivity (Wildman–Crippen MR) is 57.4 cm³/mol. The summed E-state index contributed by atoms with van der Waals surface area (Å²) in [5.41, 5.74) is 6.37. The van der Waals surface area contributed by atoms with Gasteiger partial charge in [0.05, 0.1) is 0 Å². The molecule has 0 aliphatic heterocycles. The number of hydrogen-bond acceptors (Lipinski definition) is 3. The molecule has 0 aromatic carbocycles. The van der Waals surface area contributed by atoms with E-state index in [1.807, 2.05) is 32.9 Å². The van der Waals surface area contributed by atoms with E-state index in [0.29, 0.717) is 6.42 Å².